The van der Waals surface area contributed by atoms with Crippen LogP contribution in [0, 0.1) is 11.3 Å². The molecule has 1 aromatic heterocycles. The van der Waals surface area contributed by atoms with Crippen molar-refractivity contribution in [3.05, 3.63) is 30.1 Å². The van der Waals surface area contributed by atoms with E-state index in [4.69, 9.17) is 0 Å². The standard InChI is InChI=1S/C16H22N4/c1-4-10-18-16(3,11-17)12-20-14-9-7-6-8-13(14)19-15(20)5-2/h6-9,18H,4-5,10,12H2,1-3H3. The fourth-order valence-corrected chi connectivity index (χ4v) is 2.42. The monoisotopic (exact) mass is 270 g/mol. The molecule has 1 aromatic carbocycles. The van der Waals surface area contributed by atoms with E-state index in [1.807, 2.05) is 25.1 Å². The Kier molecular flexibility index (Phi) is 4.41. The third-order valence-corrected chi connectivity index (χ3v) is 3.54. The number of fused-ring (bicyclic) bond motifs is 1. The molecular weight excluding hydrogens is 248 g/mol. The van der Waals surface area contributed by atoms with Crippen molar-refractivity contribution in [3.8, 4) is 6.07 Å². The highest BCUT2D eigenvalue weighted by molar-refractivity contribution is 5.76. The van der Waals surface area contributed by atoms with Crippen LogP contribution in [-0.2, 0) is 13.0 Å². The first kappa shape index (κ1) is 14.5. The summed E-state index contributed by atoms with van der Waals surface area (Å²) in [6, 6.07) is 10.5. The van der Waals surface area contributed by atoms with Gasteiger partial charge in [0.05, 0.1) is 23.6 Å². The number of rotatable bonds is 6. The van der Waals surface area contributed by atoms with Gasteiger partial charge in [0.25, 0.3) is 0 Å². The SMILES string of the molecule is CCCNC(C)(C#N)Cn1c(CC)nc2ccccc21. The van der Waals surface area contributed by atoms with Gasteiger partial charge in [0.1, 0.15) is 11.4 Å². The Hall–Kier alpha value is -1.86. The Morgan fingerprint density at radius 2 is 2.10 bits per heavy atom. The summed E-state index contributed by atoms with van der Waals surface area (Å²) in [7, 11) is 0. The molecule has 2 aromatic rings. The van der Waals surface area contributed by atoms with Gasteiger partial charge in [0, 0.05) is 6.42 Å². The van der Waals surface area contributed by atoms with Crippen molar-refractivity contribution in [1.82, 2.24) is 14.9 Å². The van der Waals surface area contributed by atoms with E-state index in [9.17, 15) is 5.26 Å². The van der Waals surface area contributed by atoms with Crippen LogP contribution in [0.1, 0.15) is 33.0 Å². The topological polar surface area (TPSA) is 53.6 Å². The number of hydrogen-bond donors (Lipinski definition) is 1. The van der Waals surface area contributed by atoms with E-state index in [0.717, 1.165) is 36.2 Å². The molecule has 0 bridgehead atoms. The lowest BCUT2D eigenvalue weighted by atomic mass is 10.0. The van der Waals surface area contributed by atoms with Gasteiger partial charge < -0.3 is 4.57 Å². The van der Waals surface area contributed by atoms with Gasteiger partial charge in [-0.25, -0.2) is 4.98 Å². The first-order valence-electron chi connectivity index (χ1n) is 7.24. The second-order valence-corrected chi connectivity index (χ2v) is 5.33. The second kappa shape index (κ2) is 6.06. The molecule has 0 saturated heterocycles. The van der Waals surface area contributed by atoms with Crippen LogP contribution in [0.2, 0.25) is 0 Å². The lowest BCUT2D eigenvalue weighted by Gasteiger charge is -2.25. The number of para-hydroxylation sites is 2. The molecule has 0 fully saturated rings. The number of nitrogens with one attached hydrogen (secondary N) is 1. The fraction of sp³-hybridized carbons (Fsp3) is 0.500. The highest BCUT2D eigenvalue weighted by Gasteiger charge is 2.25. The third kappa shape index (κ3) is 2.83. The zero-order chi connectivity index (χ0) is 14.6. The van der Waals surface area contributed by atoms with E-state index >= 15 is 0 Å². The van der Waals surface area contributed by atoms with Crippen LogP contribution in [0.4, 0.5) is 0 Å². The largest absolute Gasteiger partial charge is 0.325 e. The molecule has 1 unspecified atom stereocenters. The summed E-state index contributed by atoms with van der Waals surface area (Å²) in [4.78, 5) is 4.66. The van der Waals surface area contributed by atoms with Gasteiger partial charge in [0.2, 0.25) is 0 Å². The number of benzene rings is 1. The second-order valence-electron chi connectivity index (χ2n) is 5.33. The molecule has 0 saturated carbocycles. The fourth-order valence-electron chi connectivity index (χ4n) is 2.42. The molecule has 4 nitrogen and oxygen atoms in total. The van der Waals surface area contributed by atoms with Crippen molar-refractivity contribution in [2.24, 2.45) is 0 Å². The van der Waals surface area contributed by atoms with Crippen LogP contribution in [0.15, 0.2) is 24.3 Å². The van der Waals surface area contributed by atoms with Crippen molar-refractivity contribution in [3.63, 3.8) is 0 Å². The van der Waals surface area contributed by atoms with Crippen LogP contribution >= 0.6 is 0 Å². The third-order valence-electron chi connectivity index (χ3n) is 3.54. The predicted molar refractivity (Wildman–Crippen MR) is 81.4 cm³/mol. The molecule has 0 radical (unpaired) electrons. The Bertz CT molecular complexity index is 623. The molecule has 0 aliphatic rings. The molecule has 1 atom stereocenters. The minimum absolute atomic E-state index is 0.566. The summed E-state index contributed by atoms with van der Waals surface area (Å²) < 4.78 is 2.17. The van der Waals surface area contributed by atoms with Crippen LogP contribution < -0.4 is 5.32 Å². The van der Waals surface area contributed by atoms with Gasteiger partial charge in [-0.1, -0.05) is 26.0 Å². The summed E-state index contributed by atoms with van der Waals surface area (Å²) in [6.45, 7) is 7.62. The number of aryl methyl sites for hydroxylation is 1. The summed E-state index contributed by atoms with van der Waals surface area (Å²) in [5.74, 6) is 1.03. The summed E-state index contributed by atoms with van der Waals surface area (Å²) in [6.07, 6.45) is 1.88. The maximum atomic E-state index is 9.50. The zero-order valence-corrected chi connectivity index (χ0v) is 12.5. The van der Waals surface area contributed by atoms with Gasteiger partial charge >= 0.3 is 0 Å². The summed E-state index contributed by atoms with van der Waals surface area (Å²) in [5.41, 5.74) is 1.54. The van der Waals surface area contributed by atoms with Crippen molar-refractivity contribution in [2.45, 2.75) is 45.7 Å². The van der Waals surface area contributed by atoms with Crippen LogP contribution in [0.3, 0.4) is 0 Å². The molecule has 4 heteroatoms. The van der Waals surface area contributed by atoms with Gasteiger partial charge in [-0.2, -0.15) is 5.26 Å². The van der Waals surface area contributed by atoms with E-state index < -0.39 is 5.54 Å². The van der Waals surface area contributed by atoms with Crippen LogP contribution in [0.25, 0.3) is 11.0 Å². The maximum Gasteiger partial charge on any atom is 0.122 e. The van der Waals surface area contributed by atoms with Crippen molar-refractivity contribution in [1.29, 1.82) is 5.26 Å². The predicted octanol–water partition coefficient (Wildman–Crippen LogP) is 2.88. The highest BCUT2D eigenvalue weighted by Crippen LogP contribution is 2.19. The normalized spacial score (nSPS) is 14.1. The summed E-state index contributed by atoms with van der Waals surface area (Å²) in [5, 5.41) is 12.8. The van der Waals surface area contributed by atoms with Gasteiger partial charge in [-0.05, 0) is 32.0 Å². The average molecular weight is 270 g/mol. The Morgan fingerprint density at radius 1 is 1.35 bits per heavy atom. The van der Waals surface area contributed by atoms with Crippen molar-refractivity contribution in [2.75, 3.05) is 6.54 Å². The smallest absolute Gasteiger partial charge is 0.122 e. The van der Waals surface area contributed by atoms with Crippen molar-refractivity contribution >= 4 is 11.0 Å². The number of hydrogen-bond acceptors (Lipinski definition) is 3. The molecule has 0 aliphatic carbocycles. The first-order valence-corrected chi connectivity index (χ1v) is 7.24. The van der Waals surface area contributed by atoms with Gasteiger partial charge in [0.15, 0.2) is 0 Å². The summed E-state index contributed by atoms with van der Waals surface area (Å²) >= 11 is 0. The average Bonchev–Trinajstić information content (AvgIpc) is 2.83. The van der Waals surface area contributed by atoms with Gasteiger partial charge in [-0.3, -0.25) is 5.32 Å². The molecule has 20 heavy (non-hydrogen) atoms. The van der Waals surface area contributed by atoms with E-state index in [1.54, 1.807) is 0 Å². The Balaban J connectivity index is 2.39. The van der Waals surface area contributed by atoms with E-state index in [0.29, 0.717) is 6.54 Å². The molecular formula is C16H22N4. The molecule has 106 valence electrons. The number of nitrogens with zero attached hydrogens (tertiary/aromatic N) is 3. The number of imidazole rings is 1. The number of aromatic nitrogens is 2. The number of nitriles is 1. The quantitative estimate of drug-likeness (QED) is 0.878. The first-order chi connectivity index (χ1) is 9.63. The maximum absolute atomic E-state index is 9.50. The van der Waals surface area contributed by atoms with E-state index in [-0.39, 0.29) is 0 Å². The van der Waals surface area contributed by atoms with Crippen LogP contribution in [-0.4, -0.2) is 21.6 Å². The van der Waals surface area contributed by atoms with Crippen LogP contribution in [0.5, 0.6) is 0 Å². The molecule has 0 aliphatic heterocycles. The molecule has 1 N–H and O–H groups in total. The minimum atomic E-state index is -0.566. The molecule has 2 rings (SSSR count). The van der Waals surface area contributed by atoms with Crippen molar-refractivity contribution < 1.29 is 0 Å². The highest BCUT2D eigenvalue weighted by atomic mass is 15.1. The van der Waals surface area contributed by atoms with Gasteiger partial charge in [-0.15, -0.1) is 0 Å². The molecule has 0 spiro atoms. The molecule has 0 amide bonds. The zero-order valence-electron chi connectivity index (χ0n) is 12.5. The van der Waals surface area contributed by atoms with E-state index in [2.05, 4.69) is 40.9 Å². The Morgan fingerprint density at radius 3 is 2.75 bits per heavy atom. The van der Waals surface area contributed by atoms with E-state index in [1.165, 1.54) is 0 Å². The molecule has 1 heterocycles. The minimum Gasteiger partial charge on any atom is -0.325 e. The Labute approximate surface area is 120 Å². The lowest BCUT2D eigenvalue weighted by molar-refractivity contribution is 0.388. The lowest BCUT2D eigenvalue weighted by Crippen LogP contribution is -2.45.